The fourth-order valence-corrected chi connectivity index (χ4v) is 3.43. The van der Waals surface area contributed by atoms with Crippen LogP contribution in [0.2, 0.25) is 0 Å². The number of benzene rings is 2. The number of hydrogen-bond acceptors (Lipinski definition) is 7. The van der Waals surface area contributed by atoms with E-state index in [1.54, 1.807) is 31.4 Å². The molecule has 1 aromatic heterocycles. The van der Waals surface area contributed by atoms with Gasteiger partial charge in [0.15, 0.2) is 0 Å². The van der Waals surface area contributed by atoms with Crippen molar-refractivity contribution in [3.63, 3.8) is 0 Å². The Bertz CT molecular complexity index is 1100. The number of ether oxygens (including phenoxy) is 1. The normalized spacial score (nSPS) is 11.1. The Hall–Kier alpha value is -3.59. The van der Waals surface area contributed by atoms with Gasteiger partial charge in [-0.15, -0.1) is 0 Å². The lowest BCUT2D eigenvalue weighted by Gasteiger charge is -2.15. The number of methoxy groups -OCH3 is 1. The van der Waals surface area contributed by atoms with Gasteiger partial charge >= 0.3 is 11.7 Å². The summed E-state index contributed by atoms with van der Waals surface area (Å²) in [5.41, 5.74) is 1.55. The van der Waals surface area contributed by atoms with Crippen molar-refractivity contribution >= 4 is 22.6 Å². The van der Waals surface area contributed by atoms with Gasteiger partial charge in [0.05, 0.1) is 17.4 Å². The van der Waals surface area contributed by atoms with Crippen molar-refractivity contribution in [3.8, 4) is 11.5 Å². The lowest BCUT2D eigenvalue weighted by molar-refractivity contribution is -0.384. The number of carbonyl (C=O) groups is 1. The van der Waals surface area contributed by atoms with Crippen LogP contribution in [-0.4, -0.2) is 46.8 Å². The highest BCUT2D eigenvalue weighted by Crippen LogP contribution is 2.39. The van der Waals surface area contributed by atoms with Crippen LogP contribution in [0.15, 0.2) is 36.4 Å². The second-order valence-electron chi connectivity index (χ2n) is 7.15. The number of carbonyl (C=O) groups excluding carboxylic acids is 1. The van der Waals surface area contributed by atoms with Gasteiger partial charge in [-0.1, -0.05) is 12.1 Å². The van der Waals surface area contributed by atoms with Crippen LogP contribution in [0.1, 0.15) is 23.7 Å². The molecule has 9 heteroatoms. The summed E-state index contributed by atoms with van der Waals surface area (Å²) < 4.78 is 6.34. The van der Waals surface area contributed by atoms with Crippen LogP contribution < -0.4 is 9.57 Å². The van der Waals surface area contributed by atoms with Crippen molar-refractivity contribution in [2.45, 2.75) is 19.9 Å². The molecule has 158 valence electrons. The molecule has 0 saturated heterocycles. The number of nitrogens with zero attached hydrogens (tertiary/aromatic N) is 3. The third kappa shape index (κ3) is 4.06. The Morgan fingerprint density at radius 1 is 1.20 bits per heavy atom. The van der Waals surface area contributed by atoms with E-state index in [4.69, 9.17) is 9.57 Å². The standard InChI is InChI=1S/C21H23N3O6/c1-13(25)30-23-18(11-14-5-7-15(29-4)8-6-14)21(24(27)28)16-9-10-19(26)17(20(16)23)12-22(2)3/h5-10,26H,11-12H2,1-4H3. The van der Waals surface area contributed by atoms with Gasteiger partial charge in [0.2, 0.25) is 0 Å². The smallest absolute Gasteiger partial charge is 0.329 e. The summed E-state index contributed by atoms with van der Waals surface area (Å²) >= 11 is 0. The van der Waals surface area contributed by atoms with Gasteiger partial charge in [-0.05, 0) is 43.9 Å². The Morgan fingerprint density at radius 2 is 1.87 bits per heavy atom. The number of phenolic OH excluding ortho intramolecular Hbond substituents is 1. The molecular weight excluding hydrogens is 390 g/mol. The van der Waals surface area contributed by atoms with E-state index in [1.165, 1.54) is 23.8 Å². The van der Waals surface area contributed by atoms with Gasteiger partial charge in [-0.25, -0.2) is 4.79 Å². The molecule has 0 unspecified atom stereocenters. The van der Waals surface area contributed by atoms with Crippen LogP contribution in [-0.2, 0) is 17.8 Å². The van der Waals surface area contributed by atoms with Crippen molar-refractivity contribution in [1.29, 1.82) is 0 Å². The first-order chi connectivity index (χ1) is 14.2. The van der Waals surface area contributed by atoms with Crippen LogP contribution in [0.5, 0.6) is 11.5 Å². The molecule has 0 aliphatic rings. The van der Waals surface area contributed by atoms with Crippen LogP contribution >= 0.6 is 0 Å². The predicted molar refractivity (Wildman–Crippen MR) is 111 cm³/mol. The fourth-order valence-electron chi connectivity index (χ4n) is 3.43. The molecule has 1 heterocycles. The second-order valence-corrected chi connectivity index (χ2v) is 7.15. The van der Waals surface area contributed by atoms with Gasteiger partial charge in [0.1, 0.15) is 22.7 Å². The monoisotopic (exact) mass is 413 g/mol. The predicted octanol–water partition coefficient (Wildman–Crippen LogP) is 2.89. The van der Waals surface area contributed by atoms with Gasteiger partial charge < -0.3 is 19.6 Å². The van der Waals surface area contributed by atoms with Crippen LogP contribution in [0, 0.1) is 10.1 Å². The molecule has 9 nitrogen and oxygen atoms in total. The van der Waals surface area contributed by atoms with Crippen molar-refractivity contribution in [3.05, 3.63) is 63.3 Å². The van der Waals surface area contributed by atoms with Crippen LogP contribution in [0.3, 0.4) is 0 Å². The van der Waals surface area contributed by atoms with Crippen LogP contribution in [0.25, 0.3) is 10.9 Å². The topological polar surface area (TPSA) is 107 Å². The number of phenols is 1. The molecule has 3 aromatic rings. The molecule has 1 N–H and O–H groups in total. The van der Waals surface area contributed by atoms with Crippen LogP contribution in [0.4, 0.5) is 5.69 Å². The molecule has 0 spiro atoms. The van der Waals surface area contributed by atoms with E-state index in [0.29, 0.717) is 28.8 Å². The molecule has 0 aliphatic heterocycles. The molecule has 30 heavy (non-hydrogen) atoms. The van der Waals surface area contributed by atoms with E-state index in [2.05, 4.69) is 0 Å². The van der Waals surface area contributed by atoms with E-state index < -0.39 is 10.9 Å². The summed E-state index contributed by atoms with van der Waals surface area (Å²) in [7, 11) is 5.17. The maximum absolute atomic E-state index is 12.0. The first kappa shape index (κ1) is 21.1. The maximum Gasteiger partial charge on any atom is 0.329 e. The van der Waals surface area contributed by atoms with E-state index in [-0.39, 0.29) is 23.6 Å². The average Bonchev–Trinajstić information content (AvgIpc) is 2.97. The van der Waals surface area contributed by atoms with Gasteiger partial charge in [-0.3, -0.25) is 10.1 Å². The molecule has 2 aromatic carbocycles. The quantitative estimate of drug-likeness (QED) is 0.469. The number of aromatic nitrogens is 1. The zero-order valence-corrected chi connectivity index (χ0v) is 17.2. The third-order valence-electron chi connectivity index (χ3n) is 4.64. The molecule has 0 bridgehead atoms. The van der Waals surface area contributed by atoms with E-state index in [1.807, 2.05) is 19.0 Å². The molecule has 3 rings (SSSR count). The Labute approximate surface area is 173 Å². The summed E-state index contributed by atoms with van der Waals surface area (Å²) in [5, 5.41) is 22.7. The highest BCUT2D eigenvalue weighted by atomic mass is 16.7. The van der Waals surface area contributed by atoms with E-state index in [9.17, 15) is 20.0 Å². The van der Waals surface area contributed by atoms with Crippen molar-refractivity contribution < 1.29 is 24.4 Å². The number of aromatic hydroxyl groups is 1. The van der Waals surface area contributed by atoms with Gasteiger partial charge in [0, 0.05) is 25.5 Å². The minimum atomic E-state index is -0.628. The summed E-state index contributed by atoms with van der Waals surface area (Å²) in [6, 6.07) is 9.97. The molecule has 0 saturated carbocycles. The van der Waals surface area contributed by atoms with Gasteiger partial charge in [-0.2, -0.15) is 4.73 Å². The lowest BCUT2D eigenvalue weighted by Crippen LogP contribution is -2.21. The minimum absolute atomic E-state index is 0.0343. The molecule has 0 radical (unpaired) electrons. The Kier molecular flexibility index (Phi) is 5.93. The van der Waals surface area contributed by atoms with E-state index >= 15 is 0 Å². The zero-order chi connectivity index (χ0) is 22.0. The summed E-state index contributed by atoms with van der Waals surface area (Å²) in [6.07, 6.45) is 0.143. The molecule has 0 amide bonds. The highest BCUT2D eigenvalue weighted by Gasteiger charge is 2.31. The number of hydrogen-bond donors (Lipinski definition) is 1. The molecule has 0 aliphatic carbocycles. The first-order valence-electron chi connectivity index (χ1n) is 9.22. The summed E-state index contributed by atoms with van der Waals surface area (Å²) in [4.78, 5) is 30.6. The van der Waals surface area contributed by atoms with Crippen molar-refractivity contribution in [2.24, 2.45) is 0 Å². The largest absolute Gasteiger partial charge is 0.508 e. The zero-order valence-electron chi connectivity index (χ0n) is 17.2. The minimum Gasteiger partial charge on any atom is -0.508 e. The summed E-state index contributed by atoms with van der Waals surface area (Å²) in [5.74, 6) is -0.00288. The molecule has 0 fully saturated rings. The fraction of sp³-hybridized carbons (Fsp3) is 0.286. The molecule has 0 atom stereocenters. The summed E-state index contributed by atoms with van der Waals surface area (Å²) in [6.45, 7) is 1.52. The maximum atomic E-state index is 12.0. The third-order valence-corrected chi connectivity index (χ3v) is 4.64. The number of nitro groups is 1. The van der Waals surface area contributed by atoms with Crippen molar-refractivity contribution in [1.82, 2.24) is 9.63 Å². The average molecular weight is 413 g/mol. The highest BCUT2D eigenvalue weighted by molar-refractivity contribution is 5.95. The first-order valence-corrected chi connectivity index (χ1v) is 9.22. The number of rotatable bonds is 7. The molecular formula is C21H23N3O6. The number of fused-ring (bicyclic) bond motifs is 1. The SMILES string of the molecule is COc1ccc(Cc2c([N+](=O)[O-])c3ccc(O)c(CN(C)C)c3n2OC(C)=O)cc1. The van der Waals surface area contributed by atoms with Gasteiger partial charge in [0.25, 0.3) is 0 Å². The van der Waals surface area contributed by atoms with Crippen molar-refractivity contribution in [2.75, 3.05) is 21.2 Å². The Morgan fingerprint density at radius 3 is 2.40 bits per heavy atom. The lowest BCUT2D eigenvalue weighted by atomic mass is 10.1. The van der Waals surface area contributed by atoms with E-state index in [0.717, 1.165) is 5.56 Å². The Balaban J connectivity index is 2.31. The second kappa shape index (κ2) is 8.42.